The standard InChI is InChI=1S/C18H19NO2.C9H17NO.C6H6/c20-18(14-21-17-9-5-2-6-10-17)19(16-11-12-16)13-15-7-3-1-4-8-15;1-2-10-9(11)8-6-4-3-5-7-8;1-2-4-6-5-3-1/h1-10,16H,11-14H2;8H,2-7H2,1H3,(H,10,11);1-6H. The second-order valence-corrected chi connectivity index (χ2v) is 9.72. The molecule has 0 heterocycles. The van der Waals surface area contributed by atoms with Crippen molar-refractivity contribution < 1.29 is 14.3 Å². The molecule has 38 heavy (non-hydrogen) atoms. The van der Waals surface area contributed by atoms with E-state index in [1.54, 1.807) is 0 Å². The van der Waals surface area contributed by atoms with Crippen LogP contribution in [0.2, 0.25) is 0 Å². The van der Waals surface area contributed by atoms with Crippen LogP contribution in [-0.4, -0.2) is 35.9 Å². The van der Waals surface area contributed by atoms with Crippen molar-refractivity contribution in [2.24, 2.45) is 5.92 Å². The van der Waals surface area contributed by atoms with Gasteiger partial charge in [-0.1, -0.05) is 104 Å². The second kappa shape index (κ2) is 17.0. The highest BCUT2D eigenvalue weighted by atomic mass is 16.5. The van der Waals surface area contributed by atoms with Gasteiger partial charge in [-0.2, -0.15) is 0 Å². The number of carbonyl (C=O) groups is 2. The van der Waals surface area contributed by atoms with Crippen molar-refractivity contribution in [2.75, 3.05) is 13.2 Å². The van der Waals surface area contributed by atoms with Crippen LogP contribution in [0.15, 0.2) is 97.1 Å². The van der Waals surface area contributed by atoms with E-state index in [0.29, 0.717) is 18.5 Å². The summed E-state index contributed by atoms with van der Waals surface area (Å²) in [5, 5.41) is 2.88. The molecule has 2 saturated carbocycles. The molecule has 2 aliphatic carbocycles. The number of rotatable bonds is 8. The molecule has 3 aromatic carbocycles. The van der Waals surface area contributed by atoms with Gasteiger partial charge in [0.15, 0.2) is 6.61 Å². The van der Waals surface area contributed by atoms with Gasteiger partial charge in [-0.15, -0.1) is 0 Å². The summed E-state index contributed by atoms with van der Waals surface area (Å²) in [5.74, 6) is 1.39. The number of ether oxygens (including phenoxy) is 1. The van der Waals surface area contributed by atoms with Crippen LogP contribution in [0.25, 0.3) is 0 Å². The Balaban J connectivity index is 0.000000195. The normalized spacial score (nSPS) is 14.6. The van der Waals surface area contributed by atoms with E-state index >= 15 is 0 Å². The van der Waals surface area contributed by atoms with E-state index in [0.717, 1.165) is 43.5 Å². The minimum Gasteiger partial charge on any atom is -0.484 e. The fraction of sp³-hybridized carbons (Fsp3) is 0.394. The maximum atomic E-state index is 12.4. The van der Waals surface area contributed by atoms with E-state index in [1.807, 2.05) is 96.8 Å². The number of benzene rings is 3. The fourth-order valence-corrected chi connectivity index (χ4v) is 4.40. The van der Waals surface area contributed by atoms with Gasteiger partial charge in [0.05, 0.1) is 0 Å². The van der Waals surface area contributed by atoms with Gasteiger partial charge in [-0.3, -0.25) is 9.59 Å². The Hall–Kier alpha value is -3.60. The molecule has 0 aliphatic heterocycles. The first kappa shape index (κ1) is 29.0. The SMILES string of the molecule is CCNC(=O)C1CCCCC1.O=C(COc1ccccc1)N(Cc1ccccc1)C1CC1.c1ccccc1. The molecule has 0 spiro atoms. The molecule has 2 amide bonds. The molecule has 1 N–H and O–H groups in total. The topological polar surface area (TPSA) is 58.6 Å². The number of hydrogen-bond donors (Lipinski definition) is 1. The molecular weight excluding hydrogens is 472 g/mol. The predicted octanol–water partition coefficient (Wildman–Crippen LogP) is 6.65. The molecule has 0 saturated heterocycles. The van der Waals surface area contributed by atoms with Gasteiger partial charge in [-0.25, -0.2) is 0 Å². The number of nitrogens with zero attached hydrogens (tertiary/aromatic N) is 1. The fourth-order valence-electron chi connectivity index (χ4n) is 4.40. The van der Waals surface area contributed by atoms with Crippen LogP contribution in [0.1, 0.15) is 57.4 Å². The van der Waals surface area contributed by atoms with Gasteiger partial charge in [0.2, 0.25) is 5.91 Å². The first-order valence-electron chi connectivity index (χ1n) is 14.0. The lowest BCUT2D eigenvalue weighted by Gasteiger charge is -2.22. The highest BCUT2D eigenvalue weighted by molar-refractivity contribution is 5.79. The Morgan fingerprint density at radius 2 is 1.29 bits per heavy atom. The molecule has 2 fully saturated rings. The zero-order chi connectivity index (χ0) is 26.8. The molecule has 3 aromatic rings. The predicted molar refractivity (Wildman–Crippen MR) is 154 cm³/mol. The molecule has 0 atom stereocenters. The molecule has 2 aliphatic rings. The summed E-state index contributed by atoms with van der Waals surface area (Å²) in [4.78, 5) is 25.6. The highest BCUT2D eigenvalue weighted by Gasteiger charge is 2.32. The first-order valence-corrected chi connectivity index (χ1v) is 14.0. The largest absolute Gasteiger partial charge is 0.484 e. The maximum absolute atomic E-state index is 12.4. The minimum absolute atomic E-state index is 0.0604. The molecule has 0 radical (unpaired) electrons. The van der Waals surface area contributed by atoms with E-state index in [9.17, 15) is 9.59 Å². The summed E-state index contributed by atoms with van der Waals surface area (Å²) in [7, 11) is 0. The van der Waals surface area contributed by atoms with Gasteiger partial charge in [-0.05, 0) is 50.3 Å². The Kier molecular flexibility index (Phi) is 13.0. The lowest BCUT2D eigenvalue weighted by Crippen LogP contribution is -2.36. The summed E-state index contributed by atoms with van der Waals surface area (Å²) in [6, 6.07) is 32.0. The maximum Gasteiger partial charge on any atom is 0.261 e. The van der Waals surface area contributed by atoms with E-state index in [4.69, 9.17) is 4.74 Å². The summed E-state index contributed by atoms with van der Waals surface area (Å²) < 4.78 is 5.57. The monoisotopic (exact) mass is 514 g/mol. The molecule has 5 heteroatoms. The van der Waals surface area contributed by atoms with Crippen molar-refractivity contribution in [3.8, 4) is 5.75 Å². The summed E-state index contributed by atoms with van der Waals surface area (Å²) in [6.07, 6.45) is 8.20. The van der Waals surface area contributed by atoms with Gasteiger partial charge in [0, 0.05) is 25.0 Å². The van der Waals surface area contributed by atoms with Crippen LogP contribution < -0.4 is 10.1 Å². The van der Waals surface area contributed by atoms with Crippen LogP contribution >= 0.6 is 0 Å². The van der Waals surface area contributed by atoms with Crippen LogP contribution in [0, 0.1) is 5.92 Å². The van der Waals surface area contributed by atoms with Crippen LogP contribution in [0.3, 0.4) is 0 Å². The number of carbonyl (C=O) groups excluding carboxylic acids is 2. The minimum atomic E-state index is 0.0604. The number of nitrogens with one attached hydrogen (secondary N) is 1. The third-order valence-electron chi connectivity index (χ3n) is 6.60. The van der Waals surface area contributed by atoms with Crippen molar-refractivity contribution in [1.82, 2.24) is 10.2 Å². The summed E-state index contributed by atoms with van der Waals surface area (Å²) >= 11 is 0. The van der Waals surface area contributed by atoms with Crippen LogP contribution in [0.4, 0.5) is 0 Å². The van der Waals surface area contributed by atoms with Gasteiger partial charge in [0.25, 0.3) is 5.91 Å². The van der Waals surface area contributed by atoms with Gasteiger partial charge < -0.3 is 15.0 Å². The first-order chi connectivity index (χ1) is 18.7. The van der Waals surface area contributed by atoms with Gasteiger partial charge >= 0.3 is 0 Å². The Morgan fingerprint density at radius 3 is 1.82 bits per heavy atom. The lowest BCUT2D eigenvalue weighted by atomic mass is 9.89. The molecule has 0 unspecified atom stereocenters. The number of amides is 2. The van der Waals surface area contributed by atoms with Crippen molar-refractivity contribution in [3.63, 3.8) is 0 Å². The quantitative estimate of drug-likeness (QED) is 0.366. The number of hydrogen-bond acceptors (Lipinski definition) is 3. The Morgan fingerprint density at radius 1 is 0.763 bits per heavy atom. The summed E-state index contributed by atoms with van der Waals surface area (Å²) in [5.41, 5.74) is 1.16. The third-order valence-corrected chi connectivity index (χ3v) is 6.60. The third kappa shape index (κ3) is 11.2. The van der Waals surface area contributed by atoms with E-state index in [-0.39, 0.29) is 18.4 Å². The average molecular weight is 515 g/mol. The molecular formula is C33H42N2O3. The highest BCUT2D eigenvalue weighted by Crippen LogP contribution is 2.28. The van der Waals surface area contributed by atoms with Crippen molar-refractivity contribution >= 4 is 11.8 Å². The Labute approximate surface area is 228 Å². The van der Waals surface area contributed by atoms with Gasteiger partial charge in [0.1, 0.15) is 5.75 Å². The van der Waals surface area contributed by atoms with Crippen LogP contribution in [0.5, 0.6) is 5.75 Å². The zero-order valence-electron chi connectivity index (χ0n) is 22.6. The van der Waals surface area contributed by atoms with E-state index < -0.39 is 0 Å². The molecule has 0 aromatic heterocycles. The van der Waals surface area contributed by atoms with Crippen molar-refractivity contribution in [1.29, 1.82) is 0 Å². The van der Waals surface area contributed by atoms with Crippen molar-refractivity contribution in [3.05, 3.63) is 103 Å². The molecule has 0 bridgehead atoms. The average Bonchev–Trinajstić information content (AvgIpc) is 3.83. The lowest BCUT2D eigenvalue weighted by molar-refractivity contribution is -0.134. The van der Waals surface area contributed by atoms with E-state index in [1.165, 1.54) is 19.3 Å². The van der Waals surface area contributed by atoms with Crippen molar-refractivity contribution in [2.45, 2.75) is 64.5 Å². The number of para-hydroxylation sites is 1. The summed E-state index contributed by atoms with van der Waals surface area (Å²) in [6.45, 7) is 3.52. The molecule has 202 valence electrons. The van der Waals surface area contributed by atoms with Crippen LogP contribution in [-0.2, 0) is 16.1 Å². The van der Waals surface area contributed by atoms with E-state index in [2.05, 4.69) is 17.4 Å². The molecule has 5 rings (SSSR count). The molecule has 5 nitrogen and oxygen atoms in total. The smallest absolute Gasteiger partial charge is 0.261 e. The zero-order valence-corrected chi connectivity index (χ0v) is 22.6. The second-order valence-electron chi connectivity index (χ2n) is 9.72. The Bertz CT molecular complexity index is 1010.